The van der Waals surface area contributed by atoms with Gasteiger partial charge in [-0.15, -0.1) is 11.8 Å². The number of nitrogens with zero attached hydrogens (tertiary/aromatic N) is 2. The summed E-state index contributed by atoms with van der Waals surface area (Å²) in [7, 11) is 0. The van der Waals surface area contributed by atoms with Gasteiger partial charge in [-0.2, -0.15) is 0 Å². The summed E-state index contributed by atoms with van der Waals surface area (Å²) in [5.74, 6) is 2.12. The highest BCUT2D eigenvalue weighted by Gasteiger charge is 2.33. The third-order valence-electron chi connectivity index (χ3n) is 7.55. The van der Waals surface area contributed by atoms with Crippen molar-refractivity contribution in [1.29, 1.82) is 0 Å². The first-order valence-corrected chi connectivity index (χ1v) is 15.0. The second-order valence-corrected chi connectivity index (χ2v) is 11.4. The molecule has 3 aromatic rings. The monoisotopic (exact) mass is 543 g/mol. The van der Waals surface area contributed by atoms with Crippen LogP contribution in [0.4, 0.5) is 11.4 Å². The van der Waals surface area contributed by atoms with Gasteiger partial charge in [0.15, 0.2) is 0 Å². The Morgan fingerprint density at radius 3 is 2.41 bits per heavy atom. The summed E-state index contributed by atoms with van der Waals surface area (Å²) in [6, 6.07) is 23.9. The SMILES string of the molecule is Nc1ccc(SCCCCCOc2ccc(C(=O)N3CCC(N4C(=O)CCc5ccccc54)CC3)cc2)cc1. The van der Waals surface area contributed by atoms with E-state index < -0.39 is 0 Å². The zero-order chi connectivity index (χ0) is 27.0. The number of benzene rings is 3. The lowest BCUT2D eigenvalue weighted by Gasteiger charge is -2.41. The molecule has 39 heavy (non-hydrogen) atoms. The number of fused-ring (bicyclic) bond motifs is 1. The van der Waals surface area contributed by atoms with Crippen molar-refractivity contribution in [2.24, 2.45) is 0 Å². The number of amides is 2. The summed E-state index contributed by atoms with van der Waals surface area (Å²) in [4.78, 5) is 31.0. The Labute approximate surface area is 235 Å². The molecular weight excluding hydrogens is 506 g/mol. The van der Waals surface area contributed by atoms with Gasteiger partial charge in [0.1, 0.15) is 5.75 Å². The first-order chi connectivity index (χ1) is 19.1. The van der Waals surface area contributed by atoms with E-state index in [1.165, 1.54) is 10.5 Å². The standard InChI is InChI=1S/C32H37N3O3S/c33-26-11-15-29(16-12-26)39-23-5-1-4-22-38-28-13-8-25(9-14-28)32(37)34-20-18-27(19-21-34)35-30-7-3-2-6-24(30)10-17-31(35)36/h2-3,6-9,11-16,27H,1,4-5,10,17-23,33H2. The molecule has 3 aromatic carbocycles. The van der Waals surface area contributed by atoms with Crippen molar-refractivity contribution in [3.8, 4) is 5.75 Å². The lowest BCUT2D eigenvalue weighted by Crippen LogP contribution is -2.50. The lowest BCUT2D eigenvalue weighted by atomic mass is 9.95. The number of thioether (sulfide) groups is 1. The molecule has 5 rings (SSSR count). The van der Waals surface area contributed by atoms with Gasteiger partial charge in [-0.05, 0) is 104 Å². The summed E-state index contributed by atoms with van der Waals surface area (Å²) in [6.07, 6.45) is 6.23. The van der Waals surface area contributed by atoms with Crippen molar-refractivity contribution < 1.29 is 14.3 Å². The molecule has 0 aromatic heterocycles. The minimum Gasteiger partial charge on any atom is -0.494 e. The Morgan fingerprint density at radius 1 is 0.897 bits per heavy atom. The van der Waals surface area contributed by atoms with Crippen molar-refractivity contribution in [3.05, 3.63) is 83.9 Å². The van der Waals surface area contributed by atoms with Crippen LogP contribution in [0.2, 0.25) is 0 Å². The number of carbonyl (C=O) groups is 2. The second-order valence-electron chi connectivity index (χ2n) is 10.3. The Kier molecular flexibility index (Phi) is 9.09. The molecule has 0 atom stereocenters. The van der Waals surface area contributed by atoms with E-state index in [9.17, 15) is 9.59 Å². The molecule has 1 saturated heterocycles. The fraction of sp³-hybridized carbons (Fsp3) is 0.375. The molecule has 6 nitrogen and oxygen atoms in total. The number of anilines is 2. The molecule has 0 spiro atoms. The van der Waals surface area contributed by atoms with Crippen LogP contribution in [0.3, 0.4) is 0 Å². The number of hydrogen-bond donors (Lipinski definition) is 1. The number of aryl methyl sites for hydroxylation is 1. The highest BCUT2D eigenvalue weighted by Crippen LogP contribution is 2.32. The number of likely N-dealkylation sites (tertiary alicyclic amines) is 1. The molecule has 2 aliphatic heterocycles. The molecule has 0 saturated carbocycles. The zero-order valence-corrected chi connectivity index (χ0v) is 23.2. The number of para-hydroxylation sites is 1. The molecule has 0 aliphatic carbocycles. The number of ether oxygens (including phenoxy) is 1. The van der Waals surface area contributed by atoms with Gasteiger partial charge in [-0.1, -0.05) is 18.2 Å². The van der Waals surface area contributed by atoms with Crippen molar-refractivity contribution in [2.75, 3.05) is 36.1 Å². The van der Waals surface area contributed by atoms with Crippen LogP contribution in [0.1, 0.15) is 54.4 Å². The van der Waals surface area contributed by atoms with Crippen molar-refractivity contribution in [3.63, 3.8) is 0 Å². The molecule has 204 valence electrons. The summed E-state index contributed by atoms with van der Waals surface area (Å²) < 4.78 is 5.90. The van der Waals surface area contributed by atoms with Crippen LogP contribution in [0.5, 0.6) is 5.75 Å². The number of carbonyl (C=O) groups excluding carboxylic acids is 2. The molecule has 0 radical (unpaired) electrons. The quantitative estimate of drug-likeness (QED) is 0.187. The van der Waals surface area contributed by atoms with E-state index in [0.29, 0.717) is 31.7 Å². The summed E-state index contributed by atoms with van der Waals surface area (Å²) in [5.41, 5.74) is 9.50. The van der Waals surface area contributed by atoms with E-state index in [1.54, 1.807) is 0 Å². The molecule has 0 unspecified atom stereocenters. The summed E-state index contributed by atoms with van der Waals surface area (Å²) >= 11 is 1.85. The Morgan fingerprint density at radius 2 is 1.64 bits per heavy atom. The molecule has 0 bridgehead atoms. The average molecular weight is 544 g/mol. The fourth-order valence-corrected chi connectivity index (χ4v) is 6.30. The number of piperidine rings is 1. The molecule has 2 heterocycles. The Bertz CT molecular complexity index is 1250. The topological polar surface area (TPSA) is 75.9 Å². The van der Waals surface area contributed by atoms with Gasteiger partial charge in [0.2, 0.25) is 5.91 Å². The van der Waals surface area contributed by atoms with Gasteiger partial charge in [-0.25, -0.2) is 0 Å². The first kappa shape index (κ1) is 27.1. The third kappa shape index (κ3) is 6.95. The van der Waals surface area contributed by atoms with Crippen LogP contribution in [-0.4, -0.2) is 48.2 Å². The van der Waals surface area contributed by atoms with E-state index in [1.807, 2.05) is 70.1 Å². The van der Waals surface area contributed by atoms with Crippen LogP contribution in [0, 0.1) is 0 Å². The van der Waals surface area contributed by atoms with Crippen molar-refractivity contribution >= 4 is 35.0 Å². The van der Waals surface area contributed by atoms with E-state index in [0.717, 1.165) is 61.4 Å². The molecule has 2 aliphatic rings. The number of unbranched alkanes of at least 4 members (excludes halogenated alkanes) is 2. The van der Waals surface area contributed by atoms with E-state index in [-0.39, 0.29) is 17.9 Å². The molecule has 7 heteroatoms. The predicted molar refractivity (Wildman–Crippen MR) is 159 cm³/mol. The van der Waals surface area contributed by atoms with Crippen LogP contribution >= 0.6 is 11.8 Å². The number of hydrogen-bond acceptors (Lipinski definition) is 5. The van der Waals surface area contributed by atoms with Crippen LogP contribution in [0.25, 0.3) is 0 Å². The van der Waals surface area contributed by atoms with Crippen LogP contribution < -0.4 is 15.4 Å². The minimum atomic E-state index is 0.0453. The number of nitrogens with two attached hydrogens (primary N) is 1. The number of nitrogen functional groups attached to an aromatic ring is 1. The Balaban J connectivity index is 1.02. The van der Waals surface area contributed by atoms with Crippen LogP contribution in [-0.2, 0) is 11.2 Å². The maximum atomic E-state index is 13.1. The summed E-state index contributed by atoms with van der Waals surface area (Å²) in [6.45, 7) is 1.99. The third-order valence-corrected chi connectivity index (χ3v) is 8.65. The maximum absolute atomic E-state index is 13.1. The van der Waals surface area contributed by atoms with Crippen molar-refractivity contribution in [2.45, 2.75) is 55.9 Å². The van der Waals surface area contributed by atoms with Gasteiger partial charge in [0.05, 0.1) is 6.61 Å². The fourth-order valence-electron chi connectivity index (χ4n) is 5.38. The highest BCUT2D eigenvalue weighted by atomic mass is 32.2. The first-order valence-electron chi connectivity index (χ1n) is 14.0. The van der Waals surface area contributed by atoms with E-state index in [2.05, 4.69) is 24.3 Å². The number of rotatable bonds is 10. The highest BCUT2D eigenvalue weighted by molar-refractivity contribution is 7.99. The smallest absolute Gasteiger partial charge is 0.253 e. The zero-order valence-electron chi connectivity index (χ0n) is 22.4. The molecule has 1 fully saturated rings. The van der Waals surface area contributed by atoms with Gasteiger partial charge in [-0.3, -0.25) is 9.59 Å². The van der Waals surface area contributed by atoms with Crippen molar-refractivity contribution in [1.82, 2.24) is 4.90 Å². The average Bonchev–Trinajstić information content (AvgIpc) is 2.98. The predicted octanol–water partition coefficient (Wildman–Crippen LogP) is 6.19. The molecule has 2 amide bonds. The summed E-state index contributed by atoms with van der Waals surface area (Å²) in [5, 5.41) is 0. The van der Waals surface area contributed by atoms with Crippen LogP contribution in [0.15, 0.2) is 77.7 Å². The van der Waals surface area contributed by atoms with Gasteiger partial charge in [0.25, 0.3) is 5.91 Å². The molecule has 2 N–H and O–H groups in total. The second kappa shape index (κ2) is 13.1. The van der Waals surface area contributed by atoms with E-state index >= 15 is 0 Å². The van der Waals surface area contributed by atoms with Gasteiger partial charge in [0, 0.05) is 47.4 Å². The molecular formula is C32H37N3O3S. The lowest BCUT2D eigenvalue weighted by molar-refractivity contribution is -0.119. The largest absolute Gasteiger partial charge is 0.494 e. The van der Waals surface area contributed by atoms with E-state index in [4.69, 9.17) is 10.5 Å². The minimum absolute atomic E-state index is 0.0453. The Hall–Kier alpha value is -3.45. The normalized spacial score (nSPS) is 15.7. The van der Waals surface area contributed by atoms with Gasteiger partial charge >= 0.3 is 0 Å². The van der Waals surface area contributed by atoms with Gasteiger partial charge < -0.3 is 20.3 Å². The maximum Gasteiger partial charge on any atom is 0.253 e.